The molecule has 1 aromatic carbocycles. The number of nitrogens with zero attached hydrogens (tertiary/aromatic N) is 2. The predicted octanol–water partition coefficient (Wildman–Crippen LogP) is 3.22. The Hall–Kier alpha value is -1.16. The number of aliphatic imine (C=N–C) groups is 1. The van der Waals surface area contributed by atoms with E-state index < -0.39 is 12.2 Å². The summed E-state index contributed by atoms with van der Waals surface area (Å²) in [6, 6.07) is 6.54. The SMILES string of the molecule is CCNC(=NCC1(O)CCC1)N(C)Cc1ccc(OC(F)F)cc1.I. The number of guanidine groups is 1. The van der Waals surface area contributed by atoms with Crippen LogP contribution in [0.2, 0.25) is 0 Å². The first-order valence-corrected chi connectivity index (χ1v) is 8.17. The fraction of sp³-hybridized carbons (Fsp3) is 0.588. The van der Waals surface area contributed by atoms with E-state index in [0.29, 0.717) is 19.0 Å². The zero-order valence-corrected chi connectivity index (χ0v) is 16.9. The highest BCUT2D eigenvalue weighted by Gasteiger charge is 2.34. The average molecular weight is 469 g/mol. The first-order chi connectivity index (χ1) is 11.4. The topological polar surface area (TPSA) is 57.1 Å². The number of aliphatic hydroxyl groups is 1. The second-order valence-electron chi connectivity index (χ2n) is 6.13. The molecular formula is C17H26F2IN3O2. The molecule has 0 bridgehead atoms. The zero-order valence-electron chi connectivity index (χ0n) is 14.5. The molecule has 0 saturated heterocycles. The number of hydrogen-bond donors (Lipinski definition) is 2. The number of alkyl halides is 2. The van der Waals surface area contributed by atoms with Crippen LogP contribution in [0.5, 0.6) is 5.75 Å². The van der Waals surface area contributed by atoms with Crippen molar-refractivity contribution in [3.05, 3.63) is 29.8 Å². The molecule has 0 atom stereocenters. The first-order valence-electron chi connectivity index (χ1n) is 8.17. The van der Waals surface area contributed by atoms with E-state index >= 15 is 0 Å². The summed E-state index contributed by atoms with van der Waals surface area (Å²) in [7, 11) is 1.90. The Bertz CT molecular complexity index is 551. The average Bonchev–Trinajstić information content (AvgIpc) is 2.51. The van der Waals surface area contributed by atoms with Crippen molar-refractivity contribution in [2.75, 3.05) is 20.1 Å². The largest absolute Gasteiger partial charge is 0.435 e. The molecule has 0 aliphatic heterocycles. The van der Waals surface area contributed by atoms with Gasteiger partial charge in [0.25, 0.3) is 0 Å². The molecule has 0 spiro atoms. The van der Waals surface area contributed by atoms with Crippen molar-refractivity contribution in [1.82, 2.24) is 10.2 Å². The van der Waals surface area contributed by atoms with E-state index in [1.807, 2.05) is 18.9 Å². The third-order valence-electron chi connectivity index (χ3n) is 4.07. The summed E-state index contributed by atoms with van der Waals surface area (Å²) < 4.78 is 28.7. The summed E-state index contributed by atoms with van der Waals surface area (Å²) in [6.45, 7) is 0.851. The Balaban J connectivity index is 0.00000312. The molecule has 5 nitrogen and oxygen atoms in total. The lowest BCUT2D eigenvalue weighted by Gasteiger charge is -2.35. The Kier molecular flexibility index (Phi) is 8.84. The van der Waals surface area contributed by atoms with Gasteiger partial charge in [-0.15, -0.1) is 24.0 Å². The lowest BCUT2D eigenvalue weighted by atomic mass is 9.80. The summed E-state index contributed by atoms with van der Waals surface area (Å²) in [6.07, 6.45) is 2.64. The molecule has 1 aliphatic rings. The van der Waals surface area contributed by atoms with E-state index in [0.717, 1.165) is 31.4 Å². The van der Waals surface area contributed by atoms with Crippen molar-refractivity contribution in [3.63, 3.8) is 0 Å². The van der Waals surface area contributed by atoms with Crippen molar-refractivity contribution in [2.45, 2.75) is 44.9 Å². The summed E-state index contributed by atoms with van der Waals surface area (Å²) in [5.41, 5.74) is 0.294. The highest BCUT2D eigenvalue weighted by Crippen LogP contribution is 2.31. The molecule has 0 aromatic heterocycles. The minimum atomic E-state index is -2.82. The third kappa shape index (κ3) is 6.93. The van der Waals surface area contributed by atoms with E-state index in [9.17, 15) is 13.9 Å². The van der Waals surface area contributed by atoms with Gasteiger partial charge in [-0.25, -0.2) is 0 Å². The second-order valence-corrected chi connectivity index (χ2v) is 6.13. The lowest BCUT2D eigenvalue weighted by molar-refractivity contribution is -0.0498. The van der Waals surface area contributed by atoms with Gasteiger partial charge in [-0.1, -0.05) is 12.1 Å². The number of nitrogens with one attached hydrogen (secondary N) is 1. The van der Waals surface area contributed by atoms with Gasteiger partial charge in [0.05, 0.1) is 12.1 Å². The van der Waals surface area contributed by atoms with E-state index in [2.05, 4.69) is 15.0 Å². The Morgan fingerprint density at radius 2 is 2.00 bits per heavy atom. The molecule has 0 radical (unpaired) electrons. The Morgan fingerprint density at radius 1 is 1.36 bits per heavy atom. The minimum absolute atomic E-state index is 0. The molecule has 1 aromatic rings. The van der Waals surface area contributed by atoms with Crippen molar-refractivity contribution in [1.29, 1.82) is 0 Å². The summed E-state index contributed by atoms with van der Waals surface area (Å²) in [4.78, 5) is 6.46. The van der Waals surface area contributed by atoms with Gasteiger partial charge in [0.2, 0.25) is 0 Å². The van der Waals surface area contributed by atoms with Crippen molar-refractivity contribution in [3.8, 4) is 5.75 Å². The van der Waals surface area contributed by atoms with E-state index in [1.165, 1.54) is 12.1 Å². The molecule has 0 amide bonds. The van der Waals surface area contributed by atoms with Crippen molar-refractivity contribution >= 4 is 29.9 Å². The summed E-state index contributed by atoms with van der Waals surface area (Å²) in [5, 5.41) is 13.4. The van der Waals surface area contributed by atoms with Gasteiger partial charge >= 0.3 is 6.61 Å². The van der Waals surface area contributed by atoms with Crippen LogP contribution in [0.1, 0.15) is 31.7 Å². The maximum Gasteiger partial charge on any atom is 0.387 e. The fourth-order valence-corrected chi connectivity index (χ4v) is 2.56. The number of halogens is 3. The maximum atomic E-state index is 12.2. The number of ether oxygens (including phenoxy) is 1. The van der Waals surface area contributed by atoms with E-state index in [-0.39, 0.29) is 29.7 Å². The number of benzene rings is 1. The lowest BCUT2D eigenvalue weighted by Crippen LogP contribution is -2.43. The highest BCUT2D eigenvalue weighted by molar-refractivity contribution is 14.0. The predicted molar refractivity (Wildman–Crippen MR) is 105 cm³/mol. The molecule has 2 rings (SSSR count). The van der Waals surface area contributed by atoms with Crippen LogP contribution < -0.4 is 10.1 Å². The maximum absolute atomic E-state index is 12.2. The molecule has 8 heteroatoms. The monoisotopic (exact) mass is 469 g/mol. The van der Waals surface area contributed by atoms with Crippen LogP contribution in [0.25, 0.3) is 0 Å². The van der Waals surface area contributed by atoms with Gasteiger partial charge in [0, 0.05) is 20.1 Å². The van der Waals surface area contributed by atoms with Crippen LogP contribution in [0.15, 0.2) is 29.3 Å². The van der Waals surface area contributed by atoms with Crippen LogP contribution in [-0.2, 0) is 6.54 Å². The smallest absolute Gasteiger partial charge is 0.387 e. The molecule has 25 heavy (non-hydrogen) atoms. The third-order valence-corrected chi connectivity index (χ3v) is 4.07. The highest BCUT2D eigenvalue weighted by atomic mass is 127. The van der Waals surface area contributed by atoms with Crippen LogP contribution in [-0.4, -0.2) is 48.3 Å². The molecule has 142 valence electrons. The van der Waals surface area contributed by atoms with Crippen molar-refractivity contribution in [2.24, 2.45) is 4.99 Å². The van der Waals surface area contributed by atoms with Crippen molar-refractivity contribution < 1.29 is 18.6 Å². The van der Waals surface area contributed by atoms with Gasteiger partial charge in [0.15, 0.2) is 5.96 Å². The molecular weight excluding hydrogens is 443 g/mol. The summed E-state index contributed by atoms with van der Waals surface area (Å²) >= 11 is 0. The Labute approximate surface area is 164 Å². The molecule has 1 fully saturated rings. The quantitative estimate of drug-likeness (QED) is 0.366. The zero-order chi connectivity index (χ0) is 17.6. The minimum Gasteiger partial charge on any atom is -0.435 e. The van der Waals surface area contributed by atoms with Crippen LogP contribution in [0, 0.1) is 0 Å². The molecule has 0 unspecified atom stereocenters. The molecule has 0 heterocycles. The van der Waals surface area contributed by atoms with Crippen LogP contribution in [0.3, 0.4) is 0 Å². The van der Waals surface area contributed by atoms with Gasteiger partial charge in [-0.2, -0.15) is 8.78 Å². The van der Waals surface area contributed by atoms with E-state index in [1.54, 1.807) is 12.1 Å². The second kappa shape index (κ2) is 10.1. The normalized spacial score (nSPS) is 16.0. The van der Waals surface area contributed by atoms with Gasteiger partial charge in [-0.3, -0.25) is 4.99 Å². The van der Waals surface area contributed by atoms with Gasteiger partial charge in [-0.05, 0) is 43.9 Å². The molecule has 2 N–H and O–H groups in total. The standard InChI is InChI=1S/C17H25F2N3O2.HI/c1-3-20-16(21-12-17(23)9-4-10-17)22(2)11-13-5-7-14(8-6-13)24-15(18)19;/h5-8,15,23H,3-4,9-12H2,1-2H3,(H,20,21);1H. The fourth-order valence-electron chi connectivity index (χ4n) is 2.56. The first kappa shape index (κ1) is 21.9. The number of hydrogen-bond acceptors (Lipinski definition) is 3. The molecule has 1 aliphatic carbocycles. The van der Waals surface area contributed by atoms with E-state index in [4.69, 9.17) is 0 Å². The van der Waals surface area contributed by atoms with Crippen LogP contribution >= 0.6 is 24.0 Å². The number of rotatable bonds is 7. The Morgan fingerprint density at radius 3 is 2.48 bits per heavy atom. The molecule has 1 saturated carbocycles. The van der Waals surface area contributed by atoms with Crippen LogP contribution in [0.4, 0.5) is 8.78 Å². The van der Waals surface area contributed by atoms with Gasteiger partial charge in [0.1, 0.15) is 5.75 Å². The summed E-state index contributed by atoms with van der Waals surface area (Å²) in [5.74, 6) is 0.856. The van der Waals surface area contributed by atoms with Gasteiger partial charge < -0.3 is 20.1 Å².